The smallest absolute Gasteiger partial charge is 0.307 e. The predicted molar refractivity (Wildman–Crippen MR) is 127 cm³/mol. The number of carboxylic acid groups (broad SMARTS) is 1. The highest BCUT2D eigenvalue weighted by Gasteiger charge is 2.20. The molecule has 8 heteroatoms. The lowest BCUT2D eigenvalue weighted by Gasteiger charge is -2.13. The molecule has 0 saturated heterocycles. The molecule has 3 aromatic heterocycles. The molecule has 0 aliphatic carbocycles. The first-order chi connectivity index (χ1) is 15.4. The van der Waals surface area contributed by atoms with Gasteiger partial charge in [0.15, 0.2) is 5.13 Å². The maximum Gasteiger partial charge on any atom is 0.307 e. The van der Waals surface area contributed by atoms with Crippen molar-refractivity contribution in [1.82, 2.24) is 14.5 Å². The van der Waals surface area contributed by atoms with Crippen molar-refractivity contribution in [2.24, 2.45) is 0 Å². The van der Waals surface area contributed by atoms with Crippen molar-refractivity contribution in [3.8, 4) is 16.3 Å². The fraction of sp³-hybridized carbons (Fsp3) is 0.0833. The summed E-state index contributed by atoms with van der Waals surface area (Å²) in [6.07, 6.45) is 4.82. The van der Waals surface area contributed by atoms with E-state index in [-0.39, 0.29) is 12.0 Å². The second-order valence-electron chi connectivity index (χ2n) is 7.42. The number of benzene rings is 2. The Bertz CT molecular complexity index is 1570. The van der Waals surface area contributed by atoms with Crippen molar-refractivity contribution in [1.29, 1.82) is 0 Å². The zero-order chi connectivity index (χ0) is 22.4. The van der Waals surface area contributed by atoms with Crippen LogP contribution in [-0.2, 0) is 11.2 Å². The van der Waals surface area contributed by atoms with Crippen LogP contribution in [0.15, 0.2) is 65.8 Å². The van der Waals surface area contributed by atoms with E-state index < -0.39 is 5.97 Å². The third kappa shape index (κ3) is 3.45. The SMILES string of the molecule is Cc1cc2nc(-n3ccc4cnccc4c3=O)sc2c(-c2ccc(Cl)cc2)c1CC(=O)O. The standard InChI is InChI=1S/C24H16ClN3O3S/c1-13-10-19-22(21(18(13)11-20(29)30)14-2-4-16(25)5-3-14)32-24(27-19)28-9-7-15-12-26-8-6-17(15)23(28)31/h2-10,12H,11H2,1H3,(H,29,30). The molecular weight excluding hydrogens is 446 g/mol. The van der Waals surface area contributed by atoms with Gasteiger partial charge in [0.25, 0.3) is 5.56 Å². The van der Waals surface area contributed by atoms with E-state index in [1.165, 1.54) is 15.9 Å². The van der Waals surface area contributed by atoms with E-state index >= 15 is 0 Å². The molecule has 0 atom stereocenters. The topological polar surface area (TPSA) is 85.1 Å². The number of carbonyl (C=O) groups is 1. The number of nitrogens with zero attached hydrogens (tertiary/aromatic N) is 3. The molecule has 0 bridgehead atoms. The van der Waals surface area contributed by atoms with E-state index in [9.17, 15) is 14.7 Å². The summed E-state index contributed by atoms with van der Waals surface area (Å²) in [5.41, 5.74) is 3.74. The van der Waals surface area contributed by atoms with Crippen LogP contribution < -0.4 is 5.56 Å². The Hall–Kier alpha value is -3.55. The van der Waals surface area contributed by atoms with Crippen molar-refractivity contribution >= 4 is 49.9 Å². The fourth-order valence-corrected chi connectivity index (χ4v) is 5.11. The summed E-state index contributed by atoms with van der Waals surface area (Å²) in [7, 11) is 0. The highest BCUT2D eigenvalue weighted by Crippen LogP contribution is 2.39. The van der Waals surface area contributed by atoms with Gasteiger partial charge in [-0.1, -0.05) is 35.1 Å². The number of aliphatic carboxylic acids is 1. The van der Waals surface area contributed by atoms with Crippen molar-refractivity contribution in [3.05, 3.63) is 87.6 Å². The summed E-state index contributed by atoms with van der Waals surface area (Å²) in [6.45, 7) is 1.88. The lowest BCUT2D eigenvalue weighted by Crippen LogP contribution is -2.17. The lowest BCUT2D eigenvalue weighted by molar-refractivity contribution is -0.136. The molecule has 0 unspecified atom stereocenters. The first-order valence-corrected chi connectivity index (χ1v) is 11.0. The molecule has 0 aliphatic heterocycles. The van der Waals surface area contributed by atoms with Gasteiger partial charge in [-0.3, -0.25) is 19.1 Å². The third-order valence-electron chi connectivity index (χ3n) is 5.37. The largest absolute Gasteiger partial charge is 0.481 e. The minimum absolute atomic E-state index is 0.115. The van der Waals surface area contributed by atoms with E-state index in [1.807, 2.05) is 31.2 Å². The zero-order valence-corrected chi connectivity index (χ0v) is 18.4. The highest BCUT2D eigenvalue weighted by molar-refractivity contribution is 7.21. The van der Waals surface area contributed by atoms with Gasteiger partial charge in [-0.25, -0.2) is 4.98 Å². The molecule has 158 valence electrons. The van der Waals surface area contributed by atoms with Crippen LogP contribution >= 0.6 is 22.9 Å². The van der Waals surface area contributed by atoms with Crippen molar-refractivity contribution in [2.45, 2.75) is 13.3 Å². The molecule has 5 rings (SSSR count). The van der Waals surface area contributed by atoms with Gasteiger partial charge in [-0.15, -0.1) is 0 Å². The van der Waals surface area contributed by atoms with Crippen LogP contribution in [0.1, 0.15) is 11.1 Å². The van der Waals surface area contributed by atoms with Gasteiger partial charge in [-0.2, -0.15) is 0 Å². The Kier molecular flexibility index (Phi) is 5.00. The zero-order valence-electron chi connectivity index (χ0n) is 16.9. The average molecular weight is 462 g/mol. The number of aryl methyl sites for hydroxylation is 1. The lowest BCUT2D eigenvalue weighted by atomic mass is 9.93. The molecule has 0 radical (unpaired) electrons. The molecule has 6 nitrogen and oxygen atoms in total. The van der Waals surface area contributed by atoms with Crippen LogP contribution in [-0.4, -0.2) is 25.6 Å². The maximum atomic E-state index is 13.1. The molecular formula is C24H16ClN3O3S. The number of aromatic nitrogens is 3. The van der Waals surface area contributed by atoms with E-state index in [0.29, 0.717) is 21.1 Å². The number of hydrogen-bond donors (Lipinski definition) is 1. The summed E-state index contributed by atoms with van der Waals surface area (Å²) in [5.74, 6) is -0.910. The average Bonchev–Trinajstić information content (AvgIpc) is 3.18. The van der Waals surface area contributed by atoms with Gasteiger partial charge in [0.1, 0.15) is 0 Å². The van der Waals surface area contributed by atoms with Gasteiger partial charge in [-0.05, 0) is 53.9 Å². The van der Waals surface area contributed by atoms with Crippen LogP contribution in [0.4, 0.5) is 0 Å². The van der Waals surface area contributed by atoms with Gasteiger partial charge in [0, 0.05) is 34.6 Å². The number of pyridine rings is 2. The Labute approximate surface area is 191 Å². The molecule has 5 aromatic rings. The number of hydrogen-bond acceptors (Lipinski definition) is 5. The van der Waals surface area contributed by atoms with Crippen LogP contribution in [0.3, 0.4) is 0 Å². The Morgan fingerprint density at radius 1 is 1.19 bits per heavy atom. The second kappa shape index (κ2) is 7.85. The first-order valence-electron chi connectivity index (χ1n) is 9.79. The van der Waals surface area contributed by atoms with E-state index in [4.69, 9.17) is 16.6 Å². The summed E-state index contributed by atoms with van der Waals surface area (Å²) in [4.78, 5) is 33.5. The molecule has 0 spiro atoms. The predicted octanol–water partition coefficient (Wildman–Crippen LogP) is 5.25. The minimum atomic E-state index is -0.910. The first kappa shape index (κ1) is 20.4. The minimum Gasteiger partial charge on any atom is -0.481 e. The number of carboxylic acids is 1. The van der Waals surface area contributed by atoms with Gasteiger partial charge in [0.2, 0.25) is 0 Å². The number of halogens is 1. The number of fused-ring (bicyclic) bond motifs is 2. The summed E-state index contributed by atoms with van der Waals surface area (Å²) >= 11 is 7.43. The summed E-state index contributed by atoms with van der Waals surface area (Å²) in [5, 5.41) is 11.9. The molecule has 0 amide bonds. The van der Waals surface area contributed by atoms with Crippen molar-refractivity contribution < 1.29 is 9.90 Å². The molecule has 0 fully saturated rings. The number of rotatable bonds is 4. The fourth-order valence-electron chi connectivity index (χ4n) is 3.86. The molecule has 2 aromatic carbocycles. The normalized spacial score (nSPS) is 11.3. The van der Waals surface area contributed by atoms with Crippen molar-refractivity contribution in [2.75, 3.05) is 0 Å². The quantitative estimate of drug-likeness (QED) is 0.395. The number of thiazole rings is 1. The Balaban J connectivity index is 1.80. The van der Waals surface area contributed by atoms with Gasteiger partial charge >= 0.3 is 5.97 Å². The van der Waals surface area contributed by atoms with Crippen molar-refractivity contribution in [3.63, 3.8) is 0 Å². The summed E-state index contributed by atoms with van der Waals surface area (Å²) in [6, 6.07) is 12.7. The van der Waals surface area contributed by atoms with E-state index in [1.54, 1.807) is 36.8 Å². The second-order valence-corrected chi connectivity index (χ2v) is 8.84. The molecule has 0 saturated carbocycles. The Morgan fingerprint density at radius 2 is 1.97 bits per heavy atom. The molecule has 0 aliphatic rings. The monoisotopic (exact) mass is 461 g/mol. The Morgan fingerprint density at radius 3 is 2.72 bits per heavy atom. The third-order valence-corrected chi connectivity index (χ3v) is 6.71. The highest BCUT2D eigenvalue weighted by atomic mass is 35.5. The van der Waals surface area contributed by atoms with Gasteiger partial charge in [0.05, 0.1) is 22.0 Å². The summed E-state index contributed by atoms with van der Waals surface area (Å²) < 4.78 is 2.34. The molecule has 3 heterocycles. The molecule has 1 N–H and O–H groups in total. The van der Waals surface area contributed by atoms with E-state index in [0.717, 1.165) is 32.3 Å². The van der Waals surface area contributed by atoms with Gasteiger partial charge < -0.3 is 5.11 Å². The van der Waals surface area contributed by atoms with Crippen LogP contribution in [0.2, 0.25) is 5.02 Å². The van der Waals surface area contributed by atoms with Crippen LogP contribution in [0, 0.1) is 6.92 Å². The maximum absolute atomic E-state index is 13.1. The van der Waals surface area contributed by atoms with Crippen LogP contribution in [0.25, 0.3) is 37.2 Å². The molecule has 32 heavy (non-hydrogen) atoms. The van der Waals surface area contributed by atoms with E-state index in [2.05, 4.69) is 4.98 Å². The van der Waals surface area contributed by atoms with Crippen LogP contribution in [0.5, 0.6) is 0 Å².